The van der Waals surface area contributed by atoms with Crippen LogP contribution >= 0.6 is 0 Å². The summed E-state index contributed by atoms with van der Waals surface area (Å²) < 4.78 is 10.8. The first-order valence-electron chi connectivity index (χ1n) is 8.84. The quantitative estimate of drug-likeness (QED) is 0.790. The van der Waals surface area contributed by atoms with Crippen LogP contribution in [0.2, 0.25) is 0 Å². The summed E-state index contributed by atoms with van der Waals surface area (Å²) in [6, 6.07) is 8.08. The number of aliphatic hydroxyl groups excluding tert-OH is 1. The van der Waals surface area contributed by atoms with Gasteiger partial charge in [0.1, 0.15) is 18.0 Å². The third kappa shape index (κ3) is 3.81. The van der Waals surface area contributed by atoms with E-state index in [0.717, 1.165) is 55.9 Å². The van der Waals surface area contributed by atoms with Gasteiger partial charge < -0.3 is 24.8 Å². The lowest BCUT2D eigenvalue weighted by Gasteiger charge is -2.35. The Kier molecular flexibility index (Phi) is 5.03. The highest BCUT2D eigenvalue weighted by molar-refractivity contribution is 5.49. The summed E-state index contributed by atoms with van der Waals surface area (Å²) in [4.78, 5) is 13.3. The molecule has 0 bridgehead atoms. The molecule has 26 heavy (non-hydrogen) atoms. The van der Waals surface area contributed by atoms with Crippen molar-refractivity contribution >= 4 is 11.6 Å². The molecule has 2 N–H and O–H groups in total. The van der Waals surface area contributed by atoms with E-state index in [0.29, 0.717) is 13.3 Å². The van der Waals surface area contributed by atoms with Crippen molar-refractivity contribution in [1.29, 1.82) is 0 Å². The number of fused-ring (bicyclic) bond motifs is 1. The van der Waals surface area contributed by atoms with Crippen LogP contribution in [-0.4, -0.2) is 66.1 Å². The van der Waals surface area contributed by atoms with Gasteiger partial charge in [-0.15, -0.1) is 0 Å². The molecule has 2 aliphatic rings. The minimum atomic E-state index is 0.0812. The van der Waals surface area contributed by atoms with Crippen molar-refractivity contribution in [3.63, 3.8) is 0 Å². The summed E-state index contributed by atoms with van der Waals surface area (Å²) in [6.07, 6.45) is 1.56. The maximum Gasteiger partial charge on any atom is 0.231 e. The highest BCUT2D eigenvalue weighted by Gasteiger charge is 2.20. The molecule has 1 aromatic carbocycles. The fraction of sp³-hybridized carbons (Fsp3) is 0.444. The predicted octanol–water partition coefficient (Wildman–Crippen LogP) is 0.932. The van der Waals surface area contributed by atoms with Gasteiger partial charge in [-0.2, -0.15) is 0 Å². The fourth-order valence-electron chi connectivity index (χ4n) is 3.23. The Morgan fingerprint density at radius 3 is 2.73 bits per heavy atom. The Labute approximate surface area is 152 Å². The average Bonchev–Trinajstić information content (AvgIpc) is 3.15. The smallest absolute Gasteiger partial charge is 0.231 e. The van der Waals surface area contributed by atoms with Crippen molar-refractivity contribution in [1.82, 2.24) is 14.9 Å². The van der Waals surface area contributed by atoms with Gasteiger partial charge in [-0.25, -0.2) is 9.97 Å². The Bertz CT molecular complexity index is 749. The maximum atomic E-state index is 8.91. The van der Waals surface area contributed by atoms with Crippen LogP contribution in [0.3, 0.4) is 0 Å². The number of hydrogen-bond donors (Lipinski definition) is 2. The molecule has 4 rings (SSSR count). The number of nitrogens with one attached hydrogen (secondary N) is 1. The molecule has 0 unspecified atom stereocenters. The van der Waals surface area contributed by atoms with Crippen LogP contribution in [0.25, 0.3) is 0 Å². The zero-order valence-electron chi connectivity index (χ0n) is 14.6. The van der Waals surface area contributed by atoms with E-state index in [1.165, 1.54) is 5.56 Å². The van der Waals surface area contributed by atoms with Crippen LogP contribution < -0.4 is 19.7 Å². The minimum Gasteiger partial charge on any atom is -0.454 e. The molecule has 0 spiro atoms. The monoisotopic (exact) mass is 357 g/mol. The van der Waals surface area contributed by atoms with Gasteiger partial charge in [0.05, 0.1) is 6.61 Å². The normalized spacial score (nSPS) is 16.7. The van der Waals surface area contributed by atoms with Crippen molar-refractivity contribution in [2.24, 2.45) is 0 Å². The van der Waals surface area contributed by atoms with Gasteiger partial charge >= 0.3 is 0 Å². The molecule has 3 heterocycles. The third-order valence-electron chi connectivity index (χ3n) is 4.61. The van der Waals surface area contributed by atoms with Gasteiger partial charge in [0.25, 0.3) is 0 Å². The molecule has 1 aromatic heterocycles. The molecule has 2 aliphatic heterocycles. The number of hydrogen-bond acceptors (Lipinski definition) is 8. The van der Waals surface area contributed by atoms with Crippen molar-refractivity contribution in [2.45, 2.75) is 6.54 Å². The van der Waals surface area contributed by atoms with Crippen LogP contribution in [0.1, 0.15) is 5.56 Å². The van der Waals surface area contributed by atoms with Crippen LogP contribution in [0.4, 0.5) is 11.6 Å². The second-order valence-electron chi connectivity index (χ2n) is 6.36. The molecule has 1 saturated heterocycles. The van der Waals surface area contributed by atoms with E-state index in [4.69, 9.17) is 14.6 Å². The average molecular weight is 357 g/mol. The van der Waals surface area contributed by atoms with Crippen LogP contribution in [0.5, 0.6) is 11.5 Å². The highest BCUT2D eigenvalue weighted by atomic mass is 16.7. The van der Waals surface area contributed by atoms with Crippen LogP contribution in [0.15, 0.2) is 30.6 Å². The van der Waals surface area contributed by atoms with E-state index in [1.807, 2.05) is 12.1 Å². The SMILES string of the molecule is OCCNc1cc(N2CCN(Cc3ccc4c(c3)OCO4)CC2)ncn1. The van der Waals surface area contributed by atoms with Crippen molar-refractivity contribution in [3.8, 4) is 11.5 Å². The number of aromatic nitrogens is 2. The summed E-state index contributed by atoms with van der Waals surface area (Å²) in [5.74, 6) is 3.33. The van der Waals surface area contributed by atoms with Crippen molar-refractivity contribution in [3.05, 3.63) is 36.2 Å². The summed E-state index contributed by atoms with van der Waals surface area (Å²) in [5, 5.41) is 12.0. The Hall–Kier alpha value is -2.58. The van der Waals surface area contributed by atoms with E-state index in [1.54, 1.807) is 6.33 Å². The molecular formula is C18H23N5O3. The molecule has 0 atom stereocenters. The zero-order valence-corrected chi connectivity index (χ0v) is 14.6. The summed E-state index contributed by atoms with van der Waals surface area (Å²) in [6.45, 7) is 5.55. The van der Waals surface area contributed by atoms with Gasteiger partial charge in [-0.1, -0.05) is 6.07 Å². The predicted molar refractivity (Wildman–Crippen MR) is 97.7 cm³/mol. The number of ether oxygens (including phenoxy) is 2. The molecule has 0 aliphatic carbocycles. The van der Waals surface area contributed by atoms with Gasteiger partial charge in [0.15, 0.2) is 11.5 Å². The van der Waals surface area contributed by atoms with Crippen molar-refractivity contribution in [2.75, 3.05) is 56.3 Å². The number of benzene rings is 1. The fourth-order valence-corrected chi connectivity index (χ4v) is 3.23. The third-order valence-corrected chi connectivity index (χ3v) is 4.61. The largest absolute Gasteiger partial charge is 0.454 e. The van der Waals surface area contributed by atoms with Gasteiger partial charge in [-0.3, -0.25) is 4.90 Å². The first-order chi connectivity index (χ1) is 12.8. The number of aliphatic hydroxyl groups is 1. The number of piperazine rings is 1. The lowest BCUT2D eigenvalue weighted by atomic mass is 10.1. The minimum absolute atomic E-state index is 0.0812. The molecule has 0 saturated carbocycles. The Morgan fingerprint density at radius 1 is 1.04 bits per heavy atom. The number of rotatable bonds is 6. The second-order valence-corrected chi connectivity index (χ2v) is 6.36. The number of nitrogens with zero attached hydrogens (tertiary/aromatic N) is 4. The molecule has 8 heteroatoms. The molecule has 8 nitrogen and oxygen atoms in total. The first-order valence-corrected chi connectivity index (χ1v) is 8.84. The van der Waals surface area contributed by atoms with E-state index in [9.17, 15) is 0 Å². The zero-order chi connectivity index (χ0) is 17.8. The summed E-state index contributed by atoms with van der Waals surface area (Å²) in [5.41, 5.74) is 1.24. The first kappa shape index (κ1) is 16.9. The summed E-state index contributed by atoms with van der Waals surface area (Å²) >= 11 is 0. The molecule has 0 amide bonds. The van der Waals surface area contributed by atoms with Gasteiger partial charge in [-0.05, 0) is 17.7 Å². The van der Waals surface area contributed by atoms with E-state index in [2.05, 4.69) is 37.2 Å². The second kappa shape index (κ2) is 7.76. The molecule has 0 radical (unpaired) electrons. The number of anilines is 2. The van der Waals surface area contributed by atoms with E-state index >= 15 is 0 Å². The molecule has 138 valence electrons. The Balaban J connectivity index is 1.32. The summed E-state index contributed by atoms with van der Waals surface area (Å²) in [7, 11) is 0. The molecular weight excluding hydrogens is 334 g/mol. The van der Waals surface area contributed by atoms with Crippen LogP contribution in [-0.2, 0) is 6.54 Å². The maximum absolute atomic E-state index is 8.91. The van der Waals surface area contributed by atoms with Gasteiger partial charge in [0.2, 0.25) is 6.79 Å². The van der Waals surface area contributed by atoms with E-state index in [-0.39, 0.29) is 6.61 Å². The van der Waals surface area contributed by atoms with Crippen molar-refractivity contribution < 1.29 is 14.6 Å². The van der Waals surface area contributed by atoms with E-state index < -0.39 is 0 Å². The lowest BCUT2D eigenvalue weighted by Crippen LogP contribution is -2.46. The molecule has 1 fully saturated rings. The highest BCUT2D eigenvalue weighted by Crippen LogP contribution is 2.32. The lowest BCUT2D eigenvalue weighted by molar-refractivity contribution is 0.174. The standard InChI is InChI=1S/C18H23N5O3/c24-8-3-19-17-10-18(21-12-20-17)23-6-4-22(5-7-23)11-14-1-2-15-16(9-14)26-13-25-15/h1-2,9-10,12,24H,3-8,11,13H2,(H,19,20,21). The molecule has 2 aromatic rings. The van der Waals surface area contributed by atoms with Crippen LogP contribution in [0, 0.1) is 0 Å². The Morgan fingerprint density at radius 2 is 1.88 bits per heavy atom. The topological polar surface area (TPSA) is 83.0 Å². The van der Waals surface area contributed by atoms with Gasteiger partial charge in [0, 0.05) is 45.3 Å².